The van der Waals surface area contributed by atoms with Crippen LogP contribution in [0.15, 0.2) is 48.9 Å². The van der Waals surface area contributed by atoms with Crippen molar-refractivity contribution in [2.45, 2.75) is 37.7 Å². The molecule has 3 aromatic rings. The molecule has 1 N–H and O–H groups in total. The Morgan fingerprint density at radius 2 is 1.79 bits per heavy atom. The van der Waals surface area contributed by atoms with E-state index >= 15 is 0 Å². The molecule has 0 atom stereocenters. The van der Waals surface area contributed by atoms with Crippen LogP contribution in [0.2, 0.25) is 0 Å². The fraction of sp³-hybridized carbons (Fsp3) is 0.333. The molecule has 0 bridgehead atoms. The number of hydrogen-bond donors (Lipinski definition) is 1. The van der Waals surface area contributed by atoms with Crippen LogP contribution in [0.1, 0.15) is 36.5 Å². The number of halogens is 3. The number of carbonyl (C=O) groups excluding carboxylic acids is 1. The normalized spacial score (nSPS) is 17.9. The third-order valence-electron chi connectivity index (χ3n) is 5.98. The van der Waals surface area contributed by atoms with E-state index in [0.717, 1.165) is 12.8 Å². The lowest BCUT2D eigenvalue weighted by molar-refractivity contribution is 0.0257. The van der Waals surface area contributed by atoms with Gasteiger partial charge in [0.2, 0.25) is 0 Å². The number of carbonyl (C=O) groups is 1. The molecule has 0 unspecified atom stereocenters. The van der Waals surface area contributed by atoms with Crippen LogP contribution in [0.25, 0.3) is 11.1 Å². The van der Waals surface area contributed by atoms with Gasteiger partial charge in [-0.1, -0.05) is 18.2 Å². The lowest BCUT2D eigenvalue weighted by Gasteiger charge is -2.23. The van der Waals surface area contributed by atoms with Gasteiger partial charge in [0.05, 0.1) is 17.8 Å². The highest BCUT2D eigenvalue weighted by atomic mass is 19.3. The highest BCUT2D eigenvalue weighted by Crippen LogP contribution is 2.40. The summed E-state index contributed by atoms with van der Waals surface area (Å²) in [6.45, 7) is 1.46. The average molecular weight is 469 g/mol. The standard InChI is InChI=1S/C24H22F3N5O2/c1-23(7-8-23)34-22-29-12-15(13-30-22)21(33)31-19-17(16-4-2-3-5-18(16)25)6-10-28-20(19)32-11-9-24(26,27)14-32/h2-6,10,12-13H,7-9,11,14H2,1H3,(H,31,33). The van der Waals surface area contributed by atoms with E-state index in [-0.39, 0.29) is 47.2 Å². The Hall–Kier alpha value is -3.69. The van der Waals surface area contributed by atoms with Crippen molar-refractivity contribution in [1.82, 2.24) is 15.0 Å². The second-order valence-electron chi connectivity index (χ2n) is 8.82. The Balaban J connectivity index is 1.48. The Labute approximate surface area is 194 Å². The number of hydrogen-bond acceptors (Lipinski definition) is 6. The zero-order valence-electron chi connectivity index (χ0n) is 18.4. The first-order valence-electron chi connectivity index (χ1n) is 10.9. The SMILES string of the molecule is CC1(Oc2ncc(C(=O)Nc3c(-c4ccccc4F)ccnc3N3CCC(F)(F)C3)cn2)CC1. The van der Waals surface area contributed by atoms with Gasteiger partial charge in [-0.15, -0.1) is 0 Å². The van der Waals surface area contributed by atoms with Gasteiger partial charge in [-0.25, -0.2) is 28.1 Å². The molecule has 0 radical (unpaired) electrons. The summed E-state index contributed by atoms with van der Waals surface area (Å²) in [5.41, 5.74) is 0.552. The fourth-order valence-corrected chi connectivity index (χ4v) is 3.80. The molecule has 1 amide bonds. The molecule has 7 nitrogen and oxygen atoms in total. The summed E-state index contributed by atoms with van der Waals surface area (Å²) in [5, 5.41) is 2.73. The lowest BCUT2D eigenvalue weighted by Crippen LogP contribution is -2.27. The lowest BCUT2D eigenvalue weighted by atomic mass is 10.0. The maximum absolute atomic E-state index is 14.6. The largest absolute Gasteiger partial charge is 0.457 e. The zero-order chi connectivity index (χ0) is 23.9. The minimum absolute atomic E-state index is 0.0531. The van der Waals surface area contributed by atoms with Gasteiger partial charge in [0.1, 0.15) is 11.4 Å². The summed E-state index contributed by atoms with van der Waals surface area (Å²) < 4.78 is 48.2. The Bertz CT molecular complexity index is 1230. The predicted octanol–water partition coefficient (Wildman–Crippen LogP) is 4.71. The van der Waals surface area contributed by atoms with Crippen molar-refractivity contribution in [3.05, 3.63) is 60.3 Å². The van der Waals surface area contributed by atoms with Crippen LogP contribution in [-0.4, -0.2) is 45.5 Å². The van der Waals surface area contributed by atoms with Crippen LogP contribution in [0.4, 0.5) is 24.7 Å². The van der Waals surface area contributed by atoms with Crippen LogP contribution in [0, 0.1) is 5.82 Å². The number of amides is 1. The van der Waals surface area contributed by atoms with Crippen molar-refractivity contribution in [3.63, 3.8) is 0 Å². The van der Waals surface area contributed by atoms with Gasteiger partial charge < -0.3 is 15.0 Å². The molecule has 0 spiro atoms. The van der Waals surface area contributed by atoms with E-state index in [0.29, 0.717) is 5.56 Å². The van der Waals surface area contributed by atoms with Crippen molar-refractivity contribution in [3.8, 4) is 17.1 Å². The van der Waals surface area contributed by atoms with Crippen LogP contribution in [-0.2, 0) is 0 Å². The number of aromatic nitrogens is 3. The second-order valence-corrected chi connectivity index (χ2v) is 8.82. The highest BCUT2D eigenvalue weighted by molar-refractivity contribution is 6.08. The number of ether oxygens (including phenoxy) is 1. The maximum atomic E-state index is 14.6. The van der Waals surface area contributed by atoms with E-state index in [4.69, 9.17) is 4.74 Å². The van der Waals surface area contributed by atoms with Crippen molar-refractivity contribution >= 4 is 17.4 Å². The third kappa shape index (κ3) is 4.52. The summed E-state index contributed by atoms with van der Waals surface area (Å²) >= 11 is 0. The van der Waals surface area contributed by atoms with E-state index < -0.39 is 24.2 Å². The number of rotatable bonds is 6. The molecule has 2 aliphatic rings. The first-order valence-corrected chi connectivity index (χ1v) is 10.9. The van der Waals surface area contributed by atoms with Crippen molar-refractivity contribution in [2.24, 2.45) is 0 Å². The van der Waals surface area contributed by atoms with Gasteiger partial charge in [-0.2, -0.15) is 0 Å². The summed E-state index contributed by atoms with van der Waals surface area (Å²) in [6.07, 6.45) is 5.56. The Kier molecular flexibility index (Phi) is 5.38. The van der Waals surface area contributed by atoms with Gasteiger partial charge >= 0.3 is 6.01 Å². The van der Waals surface area contributed by atoms with Gasteiger partial charge in [0.15, 0.2) is 5.82 Å². The quantitative estimate of drug-likeness (QED) is 0.564. The van der Waals surface area contributed by atoms with E-state index in [1.165, 1.54) is 35.6 Å². The number of benzene rings is 1. The molecule has 2 aromatic heterocycles. The van der Waals surface area contributed by atoms with Crippen molar-refractivity contribution in [1.29, 1.82) is 0 Å². The number of alkyl halides is 2. The Morgan fingerprint density at radius 3 is 2.44 bits per heavy atom. The molecular weight excluding hydrogens is 447 g/mol. The number of nitrogens with one attached hydrogen (secondary N) is 1. The van der Waals surface area contributed by atoms with Crippen molar-refractivity contribution in [2.75, 3.05) is 23.3 Å². The molecule has 34 heavy (non-hydrogen) atoms. The first kappa shape index (κ1) is 22.1. The molecule has 1 aromatic carbocycles. The van der Waals surface area contributed by atoms with Gasteiger partial charge in [-0.3, -0.25) is 4.79 Å². The summed E-state index contributed by atoms with van der Waals surface area (Å²) in [6, 6.07) is 7.75. The summed E-state index contributed by atoms with van der Waals surface area (Å²) in [4.78, 5) is 26.9. The molecule has 3 heterocycles. The van der Waals surface area contributed by atoms with E-state index in [1.807, 2.05) is 6.92 Å². The Morgan fingerprint density at radius 1 is 1.06 bits per heavy atom. The van der Waals surface area contributed by atoms with E-state index in [1.54, 1.807) is 18.2 Å². The second kappa shape index (κ2) is 8.27. The van der Waals surface area contributed by atoms with E-state index in [9.17, 15) is 18.0 Å². The summed E-state index contributed by atoms with van der Waals surface area (Å²) in [7, 11) is 0. The van der Waals surface area contributed by atoms with Gasteiger partial charge in [0, 0.05) is 42.7 Å². The monoisotopic (exact) mass is 469 g/mol. The molecular formula is C24H22F3N5O2. The fourth-order valence-electron chi connectivity index (χ4n) is 3.80. The van der Waals surface area contributed by atoms with Crippen LogP contribution >= 0.6 is 0 Å². The molecule has 1 saturated carbocycles. The predicted molar refractivity (Wildman–Crippen MR) is 120 cm³/mol. The average Bonchev–Trinajstić information content (AvgIpc) is 3.42. The molecule has 176 valence electrons. The third-order valence-corrected chi connectivity index (χ3v) is 5.98. The minimum Gasteiger partial charge on any atom is -0.457 e. The zero-order valence-corrected chi connectivity index (χ0v) is 18.4. The minimum atomic E-state index is -2.88. The first-order chi connectivity index (χ1) is 16.2. The topological polar surface area (TPSA) is 80.2 Å². The van der Waals surface area contributed by atoms with Crippen LogP contribution < -0.4 is 15.0 Å². The van der Waals surface area contributed by atoms with Gasteiger partial charge in [0.25, 0.3) is 11.8 Å². The van der Waals surface area contributed by atoms with Crippen molar-refractivity contribution < 1.29 is 22.7 Å². The van der Waals surface area contributed by atoms with Crippen LogP contribution in [0.3, 0.4) is 0 Å². The van der Waals surface area contributed by atoms with Crippen LogP contribution in [0.5, 0.6) is 6.01 Å². The number of pyridine rings is 1. The van der Waals surface area contributed by atoms with E-state index in [2.05, 4.69) is 20.3 Å². The number of anilines is 2. The molecule has 2 fully saturated rings. The highest BCUT2D eigenvalue weighted by Gasteiger charge is 2.41. The molecule has 1 aliphatic heterocycles. The molecule has 1 saturated heterocycles. The molecule has 1 aliphatic carbocycles. The summed E-state index contributed by atoms with van der Waals surface area (Å²) in [5.74, 6) is -3.82. The molecule has 5 rings (SSSR count). The molecule has 10 heteroatoms. The number of nitrogens with zero attached hydrogens (tertiary/aromatic N) is 4. The smallest absolute Gasteiger partial charge is 0.316 e. The maximum Gasteiger partial charge on any atom is 0.316 e. The van der Waals surface area contributed by atoms with Gasteiger partial charge in [-0.05, 0) is 31.9 Å².